The van der Waals surface area contributed by atoms with Gasteiger partial charge in [-0.05, 0) is 48.3 Å². The lowest BCUT2D eigenvalue weighted by atomic mass is 9.62. The summed E-state index contributed by atoms with van der Waals surface area (Å²) >= 11 is 3.92. The van der Waals surface area contributed by atoms with E-state index in [9.17, 15) is 0 Å². The summed E-state index contributed by atoms with van der Waals surface area (Å²) in [6.07, 6.45) is 5.69. The van der Waals surface area contributed by atoms with Crippen LogP contribution in [0.15, 0.2) is 0 Å². The molecule has 0 aromatic heterocycles. The van der Waals surface area contributed by atoms with Crippen molar-refractivity contribution in [3.05, 3.63) is 0 Å². The molecule has 1 heteroatoms. The van der Waals surface area contributed by atoms with E-state index >= 15 is 0 Å². The summed E-state index contributed by atoms with van der Waals surface area (Å²) in [6, 6.07) is 0. The van der Waals surface area contributed by atoms with Crippen molar-refractivity contribution < 1.29 is 0 Å². The van der Waals surface area contributed by atoms with Crippen LogP contribution in [0.1, 0.15) is 53.4 Å². The molecule has 82 valence electrons. The number of hydrogen-bond acceptors (Lipinski definition) is 0. The highest BCUT2D eigenvalue weighted by Gasteiger charge is 2.60. The highest BCUT2D eigenvalue weighted by atomic mass is 79.9. The average molecular weight is 259 g/mol. The van der Waals surface area contributed by atoms with Crippen LogP contribution in [0.4, 0.5) is 0 Å². The molecule has 2 aliphatic carbocycles. The molecule has 0 aromatic carbocycles. The van der Waals surface area contributed by atoms with Crippen molar-refractivity contribution in [1.29, 1.82) is 0 Å². The molecule has 4 atom stereocenters. The Hall–Kier alpha value is 0.480. The summed E-state index contributed by atoms with van der Waals surface area (Å²) in [5.74, 6) is 1.88. The summed E-state index contributed by atoms with van der Waals surface area (Å²) in [4.78, 5) is 0.729. The Balaban J connectivity index is 2.30. The van der Waals surface area contributed by atoms with Gasteiger partial charge in [-0.2, -0.15) is 0 Å². The van der Waals surface area contributed by atoms with Gasteiger partial charge in [0.2, 0.25) is 0 Å². The molecule has 0 nitrogen and oxygen atoms in total. The average Bonchev–Trinajstić information content (AvgIpc) is 2.55. The van der Waals surface area contributed by atoms with Crippen molar-refractivity contribution in [3.63, 3.8) is 0 Å². The second kappa shape index (κ2) is 3.23. The SMILES string of the molecule is CCC(Br)C1C2(C)CCC(C2)C1(C)C. The van der Waals surface area contributed by atoms with E-state index < -0.39 is 0 Å². The minimum Gasteiger partial charge on any atom is -0.0887 e. The maximum atomic E-state index is 3.92. The quantitative estimate of drug-likeness (QED) is 0.634. The van der Waals surface area contributed by atoms with Crippen LogP contribution in [0.3, 0.4) is 0 Å². The molecule has 0 heterocycles. The summed E-state index contributed by atoms with van der Waals surface area (Å²) in [7, 11) is 0. The first-order valence-corrected chi connectivity index (χ1v) is 6.97. The van der Waals surface area contributed by atoms with E-state index in [4.69, 9.17) is 0 Å². The van der Waals surface area contributed by atoms with Crippen molar-refractivity contribution in [1.82, 2.24) is 0 Å². The molecular formula is C13H23Br. The van der Waals surface area contributed by atoms with E-state index in [1.54, 1.807) is 0 Å². The van der Waals surface area contributed by atoms with Crippen LogP contribution in [0.2, 0.25) is 0 Å². The fraction of sp³-hybridized carbons (Fsp3) is 1.00. The highest BCUT2D eigenvalue weighted by Crippen LogP contribution is 2.67. The van der Waals surface area contributed by atoms with Crippen LogP contribution in [0.25, 0.3) is 0 Å². The van der Waals surface area contributed by atoms with Gasteiger partial charge in [0.1, 0.15) is 0 Å². The first kappa shape index (κ1) is 11.0. The van der Waals surface area contributed by atoms with Gasteiger partial charge in [-0.3, -0.25) is 0 Å². The Morgan fingerprint density at radius 1 is 1.36 bits per heavy atom. The molecule has 2 saturated carbocycles. The van der Waals surface area contributed by atoms with Gasteiger partial charge in [0, 0.05) is 4.83 Å². The lowest BCUT2D eigenvalue weighted by Crippen LogP contribution is -2.40. The smallest absolute Gasteiger partial charge is 0.0181 e. The molecule has 0 amide bonds. The third-order valence-corrected chi connectivity index (χ3v) is 6.31. The minimum atomic E-state index is 0.567. The predicted molar refractivity (Wildman–Crippen MR) is 65.7 cm³/mol. The van der Waals surface area contributed by atoms with E-state index in [1.807, 2.05) is 0 Å². The van der Waals surface area contributed by atoms with E-state index in [-0.39, 0.29) is 0 Å². The minimum absolute atomic E-state index is 0.567. The van der Waals surface area contributed by atoms with Crippen LogP contribution in [-0.4, -0.2) is 4.83 Å². The second-order valence-electron chi connectivity index (χ2n) is 6.32. The van der Waals surface area contributed by atoms with Crippen LogP contribution < -0.4 is 0 Å². The molecule has 2 bridgehead atoms. The van der Waals surface area contributed by atoms with Gasteiger partial charge in [-0.1, -0.05) is 43.6 Å². The van der Waals surface area contributed by atoms with Gasteiger partial charge in [-0.25, -0.2) is 0 Å². The fourth-order valence-electron chi connectivity index (χ4n) is 4.48. The molecule has 2 fully saturated rings. The van der Waals surface area contributed by atoms with Crippen molar-refractivity contribution in [2.75, 3.05) is 0 Å². The first-order valence-electron chi connectivity index (χ1n) is 6.06. The van der Waals surface area contributed by atoms with Gasteiger partial charge < -0.3 is 0 Å². The van der Waals surface area contributed by atoms with E-state index in [2.05, 4.69) is 43.6 Å². The standard InChI is InChI=1S/C13H23Br/c1-5-10(14)11-12(2,3)9-6-7-13(11,4)8-9/h9-11H,5-8H2,1-4H3. The third kappa shape index (κ3) is 1.31. The largest absolute Gasteiger partial charge is 0.0887 e. The maximum Gasteiger partial charge on any atom is 0.0181 e. The maximum absolute atomic E-state index is 3.92. The molecule has 2 aliphatic rings. The lowest BCUT2D eigenvalue weighted by molar-refractivity contribution is 0.0731. The molecule has 0 radical (unpaired) electrons. The van der Waals surface area contributed by atoms with Crippen molar-refractivity contribution in [3.8, 4) is 0 Å². The summed E-state index contributed by atoms with van der Waals surface area (Å²) in [6.45, 7) is 9.83. The zero-order valence-electron chi connectivity index (χ0n) is 9.94. The number of fused-ring (bicyclic) bond motifs is 2. The molecule has 2 rings (SSSR count). The number of rotatable bonds is 2. The molecular weight excluding hydrogens is 236 g/mol. The first-order chi connectivity index (χ1) is 6.42. The van der Waals surface area contributed by atoms with Gasteiger partial charge in [0.25, 0.3) is 0 Å². The van der Waals surface area contributed by atoms with Crippen molar-refractivity contribution in [2.45, 2.75) is 58.2 Å². The van der Waals surface area contributed by atoms with Crippen molar-refractivity contribution >= 4 is 15.9 Å². The molecule has 14 heavy (non-hydrogen) atoms. The Morgan fingerprint density at radius 2 is 2.00 bits per heavy atom. The predicted octanol–water partition coefficient (Wildman–Crippen LogP) is 4.62. The Labute approximate surface area is 97.0 Å². The highest BCUT2D eigenvalue weighted by molar-refractivity contribution is 9.09. The number of alkyl halides is 1. The number of halogens is 1. The molecule has 0 aliphatic heterocycles. The number of hydrogen-bond donors (Lipinski definition) is 0. The molecule has 4 unspecified atom stereocenters. The van der Waals surface area contributed by atoms with E-state index in [1.165, 1.54) is 25.7 Å². The Bertz CT molecular complexity index is 229. The summed E-state index contributed by atoms with van der Waals surface area (Å²) < 4.78 is 0. The molecule has 0 saturated heterocycles. The third-order valence-electron chi connectivity index (χ3n) is 5.13. The van der Waals surface area contributed by atoms with Gasteiger partial charge >= 0.3 is 0 Å². The summed E-state index contributed by atoms with van der Waals surface area (Å²) in [5.41, 5.74) is 1.20. The lowest BCUT2D eigenvalue weighted by Gasteiger charge is -2.45. The van der Waals surface area contributed by atoms with E-state index in [0.717, 1.165) is 16.7 Å². The van der Waals surface area contributed by atoms with E-state index in [0.29, 0.717) is 10.8 Å². The normalized spacial score (nSPS) is 46.9. The van der Waals surface area contributed by atoms with Crippen LogP contribution in [0.5, 0.6) is 0 Å². The second-order valence-corrected chi connectivity index (χ2v) is 7.49. The Morgan fingerprint density at radius 3 is 2.43 bits per heavy atom. The van der Waals surface area contributed by atoms with Crippen molar-refractivity contribution in [2.24, 2.45) is 22.7 Å². The van der Waals surface area contributed by atoms with Gasteiger partial charge in [0.15, 0.2) is 0 Å². The zero-order chi connectivity index (χ0) is 10.6. The van der Waals surface area contributed by atoms with Crippen LogP contribution in [0, 0.1) is 22.7 Å². The Kier molecular flexibility index (Phi) is 2.54. The zero-order valence-corrected chi connectivity index (χ0v) is 11.5. The van der Waals surface area contributed by atoms with Crippen LogP contribution in [-0.2, 0) is 0 Å². The summed E-state index contributed by atoms with van der Waals surface area (Å²) in [5, 5.41) is 0. The fourth-order valence-corrected chi connectivity index (χ4v) is 5.80. The van der Waals surface area contributed by atoms with Gasteiger partial charge in [0.05, 0.1) is 0 Å². The molecule has 0 aromatic rings. The molecule has 0 spiro atoms. The van der Waals surface area contributed by atoms with Gasteiger partial charge in [-0.15, -0.1) is 0 Å². The monoisotopic (exact) mass is 258 g/mol. The topological polar surface area (TPSA) is 0 Å². The molecule has 0 N–H and O–H groups in total. The van der Waals surface area contributed by atoms with Crippen LogP contribution >= 0.6 is 15.9 Å².